The van der Waals surface area contributed by atoms with E-state index < -0.39 is 23.7 Å². The topological polar surface area (TPSA) is 78.9 Å². The standard InChI is InChI=1S/C31H27FO6/c1-7-8-29(33)38-28-17-26(24-14-13-23(15-20(24)6)37-31(35)19(4)5)27(32)16-25(28)21-9-11-22(12-10-21)36-30(34)18(2)3/h7-17H,2,4H2,1,3,5-6H3/b8-7+. The van der Waals surface area contributed by atoms with E-state index in [0.717, 1.165) is 0 Å². The number of carbonyl (C=O) groups excluding carboxylic acids is 3. The maximum atomic E-state index is 15.5. The van der Waals surface area contributed by atoms with Crippen LogP contribution in [0.4, 0.5) is 4.39 Å². The van der Waals surface area contributed by atoms with Crippen molar-refractivity contribution in [2.45, 2.75) is 27.7 Å². The second-order valence-electron chi connectivity index (χ2n) is 8.59. The van der Waals surface area contributed by atoms with Gasteiger partial charge in [-0.3, -0.25) is 0 Å². The number of esters is 3. The third-order valence-corrected chi connectivity index (χ3v) is 5.35. The summed E-state index contributed by atoms with van der Waals surface area (Å²) in [6, 6.07) is 13.9. The molecule has 0 N–H and O–H groups in total. The van der Waals surface area contributed by atoms with Gasteiger partial charge >= 0.3 is 17.9 Å². The number of halogens is 1. The number of carbonyl (C=O) groups is 3. The van der Waals surface area contributed by atoms with Crippen molar-refractivity contribution in [2.75, 3.05) is 0 Å². The molecule has 3 aromatic rings. The molecule has 0 spiro atoms. The number of allylic oxidation sites excluding steroid dienone is 1. The van der Waals surface area contributed by atoms with Crippen LogP contribution < -0.4 is 14.2 Å². The fraction of sp³-hybridized carbons (Fsp3) is 0.129. The SMILES string of the molecule is C=C(C)C(=O)Oc1ccc(-c2cc(F)c(-c3ccc(OC(=O)C(=C)C)cc3C)cc2OC(=O)/C=C/C)cc1. The molecule has 6 nitrogen and oxygen atoms in total. The molecule has 0 amide bonds. The van der Waals surface area contributed by atoms with Crippen LogP contribution in [-0.4, -0.2) is 17.9 Å². The molecule has 0 aliphatic rings. The lowest BCUT2D eigenvalue weighted by Gasteiger charge is -2.15. The van der Waals surface area contributed by atoms with E-state index >= 15 is 4.39 Å². The molecule has 0 unspecified atom stereocenters. The number of aryl methyl sites for hydroxylation is 1. The first-order valence-electron chi connectivity index (χ1n) is 11.6. The van der Waals surface area contributed by atoms with Crippen molar-refractivity contribution in [3.8, 4) is 39.5 Å². The fourth-order valence-corrected chi connectivity index (χ4v) is 3.44. The molecule has 0 bridgehead atoms. The summed E-state index contributed by atoms with van der Waals surface area (Å²) in [6.07, 6.45) is 2.79. The van der Waals surface area contributed by atoms with Gasteiger partial charge in [0.05, 0.1) is 0 Å². The Labute approximate surface area is 220 Å². The summed E-state index contributed by atoms with van der Waals surface area (Å²) in [7, 11) is 0. The van der Waals surface area contributed by atoms with Crippen molar-refractivity contribution in [1.29, 1.82) is 0 Å². The van der Waals surface area contributed by atoms with Gasteiger partial charge in [0.15, 0.2) is 0 Å². The lowest BCUT2D eigenvalue weighted by molar-refractivity contribution is -0.130. The number of hydrogen-bond donors (Lipinski definition) is 0. The summed E-state index contributed by atoms with van der Waals surface area (Å²) in [5.41, 5.74) is 2.72. The molecular weight excluding hydrogens is 487 g/mol. The molecule has 0 aliphatic heterocycles. The predicted molar refractivity (Wildman–Crippen MR) is 143 cm³/mol. The Balaban J connectivity index is 2.05. The lowest BCUT2D eigenvalue weighted by Crippen LogP contribution is -2.08. The average Bonchev–Trinajstić information content (AvgIpc) is 2.85. The van der Waals surface area contributed by atoms with E-state index in [1.807, 2.05) is 0 Å². The average molecular weight is 515 g/mol. The predicted octanol–water partition coefficient (Wildman–Crippen LogP) is 6.91. The molecule has 7 heteroatoms. The minimum atomic E-state index is -0.628. The molecule has 0 saturated heterocycles. The maximum absolute atomic E-state index is 15.5. The third kappa shape index (κ3) is 6.70. The summed E-state index contributed by atoms with van der Waals surface area (Å²) in [5.74, 6) is -1.60. The Morgan fingerprint density at radius 2 is 1.34 bits per heavy atom. The molecule has 0 atom stereocenters. The molecule has 0 aromatic heterocycles. The zero-order valence-corrected chi connectivity index (χ0v) is 21.6. The second kappa shape index (κ2) is 12.0. The van der Waals surface area contributed by atoms with Crippen LogP contribution in [0.25, 0.3) is 22.3 Å². The third-order valence-electron chi connectivity index (χ3n) is 5.35. The molecule has 38 heavy (non-hydrogen) atoms. The van der Waals surface area contributed by atoms with Crippen LogP contribution in [0.5, 0.6) is 17.2 Å². The van der Waals surface area contributed by atoms with Gasteiger partial charge in [-0.1, -0.05) is 37.4 Å². The van der Waals surface area contributed by atoms with E-state index in [1.165, 1.54) is 31.2 Å². The van der Waals surface area contributed by atoms with Crippen LogP contribution >= 0.6 is 0 Å². The number of hydrogen-bond acceptors (Lipinski definition) is 6. The molecule has 0 saturated carbocycles. The summed E-state index contributed by atoms with van der Waals surface area (Å²) < 4.78 is 31.5. The van der Waals surface area contributed by atoms with Gasteiger partial charge in [-0.05, 0) is 80.8 Å². The van der Waals surface area contributed by atoms with E-state index in [9.17, 15) is 14.4 Å². The van der Waals surface area contributed by atoms with Gasteiger partial charge in [-0.2, -0.15) is 0 Å². The van der Waals surface area contributed by atoms with Crippen molar-refractivity contribution in [1.82, 2.24) is 0 Å². The van der Waals surface area contributed by atoms with E-state index in [0.29, 0.717) is 28.0 Å². The van der Waals surface area contributed by atoms with Crippen LogP contribution in [0.1, 0.15) is 26.3 Å². The molecule has 0 aliphatic carbocycles. The van der Waals surface area contributed by atoms with Crippen molar-refractivity contribution < 1.29 is 33.0 Å². The zero-order valence-electron chi connectivity index (χ0n) is 21.6. The summed E-state index contributed by atoms with van der Waals surface area (Å²) in [4.78, 5) is 35.9. The van der Waals surface area contributed by atoms with Crippen molar-refractivity contribution in [3.05, 3.63) is 102 Å². The van der Waals surface area contributed by atoms with Gasteiger partial charge in [0.1, 0.15) is 23.1 Å². The maximum Gasteiger partial charge on any atom is 0.338 e. The lowest BCUT2D eigenvalue weighted by atomic mass is 9.95. The molecule has 0 radical (unpaired) electrons. The van der Waals surface area contributed by atoms with E-state index in [4.69, 9.17) is 14.2 Å². The summed E-state index contributed by atoms with van der Waals surface area (Å²) >= 11 is 0. The van der Waals surface area contributed by atoms with Gasteiger partial charge in [-0.25, -0.2) is 18.8 Å². The highest BCUT2D eigenvalue weighted by molar-refractivity contribution is 5.90. The Kier molecular flexibility index (Phi) is 8.76. The van der Waals surface area contributed by atoms with Crippen LogP contribution in [0.15, 0.2) is 91.1 Å². The minimum absolute atomic E-state index is 0.133. The Morgan fingerprint density at radius 1 is 0.763 bits per heavy atom. The molecular formula is C31H27FO6. The second-order valence-corrected chi connectivity index (χ2v) is 8.59. The minimum Gasteiger partial charge on any atom is -0.423 e. The quantitative estimate of drug-likeness (QED) is 0.185. The van der Waals surface area contributed by atoms with Gasteiger partial charge in [0.25, 0.3) is 0 Å². The Morgan fingerprint density at radius 3 is 1.89 bits per heavy atom. The smallest absolute Gasteiger partial charge is 0.338 e. The first-order chi connectivity index (χ1) is 18.0. The summed E-state index contributed by atoms with van der Waals surface area (Å²) in [6.45, 7) is 13.6. The van der Waals surface area contributed by atoms with Gasteiger partial charge in [-0.15, -0.1) is 0 Å². The van der Waals surface area contributed by atoms with E-state index in [1.54, 1.807) is 63.2 Å². The zero-order chi connectivity index (χ0) is 28.0. The van der Waals surface area contributed by atoms with Crippen LogP contribution in [0.2, 0.25) is 0 Å². The Bertz CT molecular complexity index is 1460. The van der Waals surface area contributed by atoms with Gasteiger partial charge in [0, 0.05) is 28.3 Å². The number of rotatable bonds is 8. The van der Waals surface area contributed by atoms with Gasteiger partial charge < -0.3 is 14.2 Å². The first kappa shape index (κ1) is 27.8. The fourth-order valence-electron chi connectivity index (χ4n) is 3.44. The first-order valence-corrected chi connectivity index (χ1v) is 11.6. The van der Waals surface area contributed by atoms with E-state index in [-0.39, 0.29) is 28.2 Å². The van der Waals surface area contributed by atoms with Crippen molar-refractivity contribution >= 4 is 17.9 Å². The summed E-state index contributed by atoms with van der Waals surface area (Å²) in [5, 5.41) is 0. The normalized spacial score (nSPS) is 10.7. The van der Waals surface area contributed by atoms with Crippen molar-refractivity contribution in [2.24, 2.45) is 0 Å². The van der Waals surface area contributed by atoms with Crippen LogP contribution in [0.3, 0.4) is 0 Å². The molecule has 0 fully saturated rings. The number of benzene rings is 3. The largest absolute Gasteiger partial charge is 0.423 e. The van der Waals surface area contributed by atoms with Crippen LogP contribution in [-0.2, 0) is 14.4 Å². The van der Waals surface area contributed by atoms with Crippen molar-refractivity contribution in [3.63, 3.8) is 0 Å². The molecule has 194 valence electrons. The van der Waals surface area contributed by atoms with E-state index in [2.05, 4.69) is 13.2 Å². The highest BCUT2D eigenvalue weighted by atomic mass is 19.1. The number of ether oxygens (including phenoxy) is 3. The van der Waals surface area contributed by atoms with Crippen LogP contribution in [0, 0.1) is 12.7 Å². The molecule has 0 heterocycles. The monoisotopic (exact) mass is 514 g/mol. The van der Waals surface area contributed by atoms with Gasteiger partial charge in [0.2, 0.25) is 0 Å². The molecule has 3 aromatic carbocycles. The molecule has 3 rings (SSSR count). The Hall–Kier alpha value is -4.78. The highest BCUT2D eigenvalue weighted by Gasteiger charge is 2.18. The highest BCUT2D eigenvalue weighted by Crippen LogP contribution is 2.39.